The fraction of sp³-hybridized carbons (Fsp3) is 0.421. The standard InChI is InChI=1S/C19H19F3N4O4/c1-28-14-4-12(5-15(6-14)30-19(20,21)22)7-23-17-24-8-13(9-25-17)16(27)26-3-2-18(26)10-29-11-18/h4-6,8-9H,2-3,7,10-11H2,1H3,(H,23,24,25). The van der Waals surface area contributed by atoms with Gasteiger partial charge in [0.2, 0.25) is 5.95 Å². The number of ether oxygens (including phenoxy) is 3. The van der Waals surface area contributed by atoms with Crippen molar-refractivity contribution in [2.45, 2.75) is 24.9 Å². The molecular weight excluding hydrogens is 405 g/mol. The third kappa shape index (κ3) is 4.11. The first-order valence-electron chi connectivity index (χ1n) is 9.17. The Kier molecular flexibility index (Phi) is 5.14. The number of benzene rings is 1. The quantitative estimate of drug-likeness (QED) is 0.763. The Morgan fingerprint density at radius 2 is 1.93 bits per heavy atom. The second-order valence-corrected chi connectivity index (χ2v) is 7.14. The molecule has 1 N–H and O–H groups in total. The predicted octanol–water partition coefficient (Wildman–Crippen LogP) is 2.61. The lowest BCUT2D eigenvalue weighted by Gasteiger charge is -2.57. The lowest BCUT2D eigenvalue weighted by molar-refractivity contribution is -0.274. The molecule has 2 aromatic rings. The zero-order valence-corrected chi connectivity index (χ0v) is 16.0. The number of nitrogens with zero attached hydrogens (tertiary/aromatic N) is 3. The summed E-state index contributed by atoms with van der Waals surface area (Å²) in [6.07, 6.45) is -1.02. The molecule has 2 aliphatic rings. The molecule has 30 heavy (non-hydrogen) atoms. The monoisotopic (exact) mass is 424 g/mol. The molecule has 0 aliphatic carbocycles. The van der Waals surface area contributed by atoms with Crippen LogP contribution in [0.4, 0.5) is 19.1 Å². The molecule has 1 spiro atoms. The van der Waals surface area contributed by atoms with Gasteiger partial charge >= 0.3 is 6.36 Å². The van der Waals surface area contributed by atoms with Crippen LogP contribution >= 0.6 is 0 Å². The molecule has 1 aromatic carbocycles. The Morgan fingerprint density at radius 3 is 2.47 bits per heavy atom. The van der Waals surface area contributed by atoms with Crippen LogP contribution in [0.3, 0.4) is 0 Å². The SMILES string of the molecule is COc1cc(CNc2ncc(C(=O)N3CCC34COC4)cn2)cc(OC(F)(F)F)c1. The van der Waals surface area contributed by atoms with Gasteiger partial charge in [-0.25, -0.2) is 9.97 Å². The van der Waals surface area contributed by atoms with E-state index in [1.165, 1.54) is 25.6 Å². The molecule has 0 atom stereocenters. The summed E-state index contributed by atoms with van der Waals surface area (Å²) in [4.78, 5) is 22.6. The topological polar surface area (TPSA) is 85.8 Å². The highest BCUT2D eigenvalue weighted by Gasteiger charge is 2.53. The van der Waals surface area contributed by atoms with Crippen LogP contribution in [-0.4, -0.2) is 59.5 Å². The molecule has 1 aromatic heterocycles. The summed E-state index contributed by atoms with van der Waals surface area (Å²) >= 11 is 0. The first kappa shape index (κ1) is 20.2. The lowest BCUT2D eigenvalue weighted by atomic mass is 9.82. The predicted molar refractivity (Wildman–Crippen MR) is 98.2 cm³/mol. The van der Waals surface area contributed by atoms with E-state index in [-0.39, 0.29) is 35.4 Å². The Balaban J connectivity index is 1.39. The average Bonchev–Trinajstić information content (AvgIpc) is 2.63. The van der Waals surface area contributed by atoms with E-state index in [1.807, 2.05) is 0 Å². The van der Waals surface area contributed by atoms with Crippen LogP contribution in [0.5, 0.6) is 11.5 Å². The van der Waals surface area contributed by atoms with E-state index >= 15 is 0 Å². The Labute approximate surface area is 170 Å². The fourth-order valence-corrected chi connectivity index (χ4v) is 3.40. The lowest BCUT2D eigenvalue weighted by Crippen LogP contribution is -2.72. The van der Waals surface area contributed by atoms with Gasteiger partial charge in [0.15, 0.2) is 0 Å². The number of hydrogen-bond acceptors (Lipinski definition) is 7. The molecule has 2 aliphatic heterocycles. The van der Waals surface area contributed by atoms with E-state index in [0.717, 1.165) is 12.5 Å². The number of anilines is 1. The molecule has 0 bridgehead atoms. The molecule has 1 amide bonds. The first-order chi connectivity index (χ1) is 14.3. The molecule has 0 saturated carbocycles. The average molecular weight is 424 g/mol. The van der Waals surface area contributed by atoms with Crippen molar-refractivity contribution < 1.29 is 32.2 Å². The molecule has 160 valence electrons. The Morgan fingerprint density at radius 1 is 1.23 bits per heavy atom. The van der Waals surface area contributed by atoms with Crippen LogP contribution in [0.1, 0.15) is 22.3 Å². The number of halogens is 3. The van der Waals surface area contributed by atoms with Crippen LogP contribution in [0.2, 0.25) is 0 Å². The van der Waals surface area contributed by atoms with Crippen LogP contribution in [0, 0.1) is 0 Å². The zero-order chi connectivity index (χ0) is 21.4. The molecule has 0 radical (unpaired) electrons. The molecule has 2 fully saturated rings. The maximum atomic E-state index is 12.6. The van der Waals surface area contributed by atoms with Crippen LogP contribution in [0.15, 0.2) is 30.6 Å². The number of alkyl halides is 3. The highest BCUT2D eigenvalue weighted by molar-refractivity contribution is 5.95. The van der Waals surface area contributed by atoms with Gasteiger partial charge in [-0.3, -0.25) is 4.79 Å². The summed E-state index contributed by atoms with van der Waals surface area (Å²) in [6, 6.07) is 3.95. The molecule has 8 nitrogen and oxygen atoms in total. The van der Waals surface area contributed by atoms with Crippen molar-refractivity contribution in [3.8, 4) is 11.5 Å². The maximum absolute atomic E-state index is 12.6. The van der Waals surface area contributed by atoms with E-state index in [2.05, 4.69) is 20.0 Å². The zero-order valence-electron chi connectivity index (χ0n) is 16.0. The van der Waals surface area contributed by atoms with Crippen molar-refractivity contribution in [2.75, 3.05) is 32.2 Å². The van der Waals surface area contributed by atoms with Crippen molar-refractivity contribution in [1.29, 1.82) is 0 Å². The normalized spacial score (nSPS) is 17.1. The molecule has 3 heterocycles. The summed E-state index contributed by atoms with van der Waals surface area (Å²) in [7, 11) is 1.35. The smallest absolute Gasteiger partial charge is 0.497 e. The molecule has 11 heteroatoms. The number of nitrogens with one attached hydrogen (secondary N) is 1. The number of rotatable bonds is 6. The minimum Gasteiger partial charge on any atom is -0.497 e. The molecule has 2 saturated heterocycles. The Hall–Kier alpha value is -3.08. The molecule has 4 rings (SSSR count). The highest BCUT2D eigenvalue weighted by atomic mass is 19.4. The van der Waals surface area contributed by atoms with E-state index < -0.39 is 6.36 Å². The first-order valence-corrected chi connectivity index (χ1v) is 9.17. The summed E-state index contributed by atoms with van der Waals surface area (Å²) in [5, 5.41) is 2.90. The second-order valence-electron chi connectivity index (χ2n) is 7.14. The van der Waals surface area contributed by atoms with Gasteiger partial charge in [0.05, 0.1) is 31.4 Å². The number of aromatic nitrogens is 2. The van der Waals surface area contributed by atoms with Crippen molar-refractivity contribution in [3.05, 3.63) is 41.7 Å². The van der Waals surface area contributed by atoms with E-state index in [4.69, 9.17) is 9.47 Å². The van der Waals surface area contributed by atoms with E-state index in [9.17, 15) is 18.0 Å². The third-order valence-electron chi connectivity index (χ3n) is 5.12. The minimum absolute atomic E-state index is 0.130. The van der Waals surface area contributed by atoms with Crippen molar-refractivity contribution in [1.82, 2.24) is 14.9 Å². The van der Waals surface area contributed by atoms with Gasteiger partial charge in [-0.1, -0.05) is 0 Å². The summed E-state index contributed by atoms with van der Waals surface area (Å²) in [5.74, 6) is -0.0707. The Bertz CT molecular complexity index is 927. The largest absolute Gasteiger partial charge is 0.573 e. The van der Waals surface area contributed by atoms with E-state index in [0.29, 0.717) is 30.9 Å². The van der Waals surface area contributed by atoms with Crippen molar-refractivity contribution >= 4 is 11.9 Å². The second kappa shape index (κ2) is 7.63. The minimum atomic E-state index is -4.80. The van der Waals surface area contributed by atoms with Crippen LogP contribution < -0.4 is 14.8 Å². The number of likely N-dealkylation sites (tertiary alicyclic amines) is 1. The summed E-state index contributed by atoms with van der Waals surface area (Å²) in [6.45, 7) is 1.92. The summed E-state index contributed by atoms with van der Waals surface area (Å²) in [5.41, 5.74) is 0.676. The van der Waals surface area contributed by atoms with E-state index in [1.54, 1.807) is 11.0 Å². The van der Waals surface area contributed by atoms with Crippen molar-refractivity contribution in [2.24, 2.45) is 0 Å². The molecular formula is C19H19F3N4O4. The van der Waals surface area contributed by atoms with Gasteiger partial charge in [0, 0.05) is 31.5 Å². The number of methoxy groups -OCH3 is 1. The van der Waals surface area contributed by atoms with Gasteiger partial charge in [-0.2, -0.15) is 0 Å². The van der Waals surface area contributed by atoms with Gasteiger partial charge in [-0.15, -0.1) is 13.2 Å². The highest BCUT2D eigenvalue weighted by Crippen LogP contribution is 2.38. The van der Waals surface area contributed by atoms with Gasteiger partial charge in [-0.05, 0) is 24.1 Å². The summed E-state index contributed by atoms with van der Waals surface area (Å²) < 4.78 is 51.7. The number of carbonyl (C=O) groups is 1. The van der Waals surface area contributed by atoms with Crippen LogP contribution in [0.25, 0.3) is 0 Å². The third-order valence-corrected chi connectivity index (χ3v) is 5.12. The van der Waals surface area contributed by atoms with Gasteiger partial charge in [0.25, 0.3) is 5.91 Å². The fourth-order valence-electron chi connectivity index (χ4n) is 3.40. The number of carbonyl (C=O) groups excluding carboxylic acids is 1. The molecule has 0 unspecified atom stereocenters. The van der Waals surface area contributed by atoms with Crippen LogP contribution in [-0.2, 0) is 11.3 Å². The van der Waals surface area contributed by atoms with Gasteiger partial charge < -0.3 is 24.4 Å². The number of hydrogen-bond donors (Lipinski definition) is 1. The van der Waals surface area contributed by atoms with Gasteiger partial charge in [0.1, 0.15) is 11.5 Å². The maximum Gasteiger partial charge on any atom is 0.573 e. The van der Waals surface area contributed by atoms with Crippen molar-refractivity contribution in [3.63, 3.8) is 0 Å². The number of amides is 1.